The van der Waals surface area contributed by atoms with E-state index in [9.17, 15) is 28.8 Å². The summed E-state index contributed by atoms with van der Waals surface area (Å²) in [6.07, 6.45) is -0.886. The molecular formula is C29H44N4O9S. The number of benzene rings is 1. The fourth-order valence-electron chi connectivity index (χ4n) is 3.83. The number of carboxylic acid groups (broad SMARTS) is 1. The third kappa shape index (κ3) is 14.8. The number of carboxylic acids is 1. The average Bonchev–Trinajstić information content (AvgIpc) is 2.95. The van der Waals surface area contributed by atoms with E-state index in [2.05, 4.69) is 33.9 Å². The van der Waals surface area contributed by atoms with Gasteiger partial charge in [0.05, 0.1) is 19.3 Å². The second kappa shape index (κ2) is 19.4. The Morgan fingerprint density at radius 3 is 2.12 bits per heavy atom. The van der Waals surface area contributed by atoms with E-state index in [1.807, 2.05) is 27.7 Å². The zero-order chi connectivity index (χ0) is 32.5. The van der Waals surface area contributed by atoms with Gasteiger partial charge in [0.15, 0.2) is 0 Å². The van der Waals surface area contributed by atoms with E-state index in [1.54, 1.807) is 24.3 Å². The van der Waals surface area contributed by atoms with Crippen molar-refractivity contribution in [2.75, 3.05) is 26.0 Å². The number of esters is 1. The molecule has 0 bridgehead atoms. The minimum absolute atomic E-state index is 0.0256. The van der Waals surface area contributed by atoms with Gasteiger partial charge in [-0.15, -0.1) is 0 Å². The van der Waals surface area contributed by atoms with Gasteiger partial charge in [-0.1, -0.05) is 39.8 Å². The van der Waals surface area contributed by atoms with Crippen LogP contribution in [-0.2, 0) is 35.1 Å². The molecule has 0 aliphatic heterocycles. The van der Waals surface area contributed by atoms with Gasteiger partial charge in [-0.2, -0.15) is 12.6 Å². The van der Waals surface area contributed by atoms with Gasteiger partial charge in [0.1, 0.15) is 18.1 Å². The maximum atomic E-state index is 13.2. The monoisotopic (exact) mass is 624 g/mol. The highest BCUT2D eigenvalue weighted by Crippen LogP contribution is 2.09. The van der Waals surface area contributed by atoms with Crippen molar-refractivity contribution in [2.24, 2.45) is 11.8 Å². The summed E-state index contributed by atoms with van der Waals surface area (Å²) in [6.45, 7) is 7.67. The van der Waals surface area contributed by atoms with Crippen LogP contribution >= 0.6 is 12.6 Å². The summed E-state index contributed by atoms with van der Waals surface area (Å²) >= 11 is 4.20. The van der Waals surface area contributed by atoms with Crippen LogP contribution in [0.15, 0.2) is 24.3 Å². The van der Waals surface area contributed by atoms with E-state index in [-0.39, 0.29) is 43.6 Å². The number of carbonyl (C=O) groups is 6. The van der Waals surface area contributed by atoms with Crippen LogP contribution in [-0.4, -0.2) is 85.0 Å². The minimum atomic E-state index is -1.26. The lowest BCUT2D eigenvalue weighted by atomic mass is 10.0. The summed E-state index contributed by atoms with van der Waals surface area (Å²) in [4.78, 5) is 74.2. The van der Waals surface area contributed by atoms with E-state index < -0.39 is 60.3 Å². The Morgan fingerprint density at radius 2 is 1.53 bits per heavy atom. The third-order valence-corrected chi connectivity index (χ3v) is 6.38. The molecule has 43 heavy (non-hydrogen) atoms. The Labute approximate surface area is 257 Å². The van der Waals surface area contributed by atoms with Crippen LogP contribution in [0.5, 0.6) is 0 Å². The van der Waals surface area contributed by atoms with Crippen LogP contribution < -0.4 is 21.3 Å². The molecule has 0 aromatic heterocycles. The molecule has 0 heterocycles. The molecule has 0 aliphatic rings. The van der Waals surface area contributed by atoms with Gasteiger partial charge < -0.3 is 35.8 Å². The average molecular weight is 625 g/mol. The lowest BCUT2D eigenvalue weighted by Crippen LogP contribution is -2.57. The van der Waals surface area contributed by atoms with Crippen LogP contribution in [0.3, 0.4) is 0 Å². The van der Waals surface area contributed by atoms with E-state index in [1.165, 1.54) is 7.11 Å². The molecule has 5 N–H and O–H groups in total. The molecule has 13 nitrogen and oxygen atoms in total. The van der Waals surface area contributed by atoms with Crippen LogP contribution in [0.2, 0.25) is 0 Å². The first kappa shape index (κ1) is 37.2. The predicted octanol–water partition coefficient (Wildman–Crippen LogP) is 1.69. The Balaban J connectivity index is 2.87. The number of alkyl carbamates (subject to hydrolysis) is 1. The molecule has 0 radical (unpaired) electrons. The van der Waals surface area contributed by atoms with Gasteiger partial charge in [0, 0.05) is 18.7 Å². The van der Waals surface area contributed by atoms with Gasteiger partial charge in [0.2, 0.25) is 17.7 Å². The normalized spacial score (nSPS) is 12.9. The number of hydrogen-bond acceptors (Lipinski definition) is 9. The molecule has 1 aromatic carbocycles. The molecule has 4 amide bonds. The van der Waals surface area contributed by atoms with Gasteiger partial charge in [-0.05, 0) is 48.8 Å². The molecule has 1 aromatic rings. The molecule has 0 spiro atoms. The van der Waals surface area contributed by atoms with E-state index in [4.69, 9.17) is 14.6 Å². The number of aliphatic carboxylic acids is 1. The molecule has 0 fully saturated rings. The molecule has 14 heteroatoms. The summed E-state index contributed by atoms with van der Waals surface area (Å²) in [5, 5.41) is 19.4. The summed E-state index contributed by atoms with van der Waals surface area (Å²) in [6, 6.07) is 3.44. The predicted molar refractivity (Wildman–Crippen MR) is 162 cm³/mol. The first-order valence-electron chi connectivity index (χ1n) is 14.1. The minimum Gasteiger partial charge on any atom is -0.481 e. The van der Waals surface area contributed by atoms with Crippen LogP contribution in [0.25, 0.3) is 0 Å². The molecule has 240 valence electrons. The topological polar surface area (TPSA) is 189 Å². The zero-order valence-corrected chi connectivity index (χ0v) is 26.2. The number of hydrogen-bond donors (Lipinski definition) is 6. The van der Waals surface area contributed by atoms with Gasteiger partial charge in [0.25, 0.3) is 0 Å². The molecular weight excluding hydrogens is 580 g/mol. The second-order valence-corrected chi connectivity index (χ2v) is 11.2. The van der Waals surface area contributed by atoms with Crippen molar-refractivity contribution in [2.45, 2.75) is 71.5 Å². The molecule has 0 saturated heterocycles. The SMILES string of the molecule is COC(=O)c1cccc(CCNC(=O)C(CS)NC(=O)[C@H](CC(C)C)NC(=O)C(CCC(=O)O)NC(=O)OCC(C)C)c1. The summed E-state index contributed by atoms with van der Waals surface area (Å²) < 4.78 is 9.77. The van der Waals surface area contributed by atoms with Crippen LogP contribution in [0.4, 0.5) is 4.79 Å². The maximum Gasteiger partial charge on any atom is 0.407 e. The Morgan fingerprint density at radius 1 is 0.884 bits per heavy atom. The lowest BCUT2D eigenvalue weighted by molar-refractivity contribution is -0.137. The lowest BCUT2D eigenvalue weighted by Gasteiger charge is -2.25. The van der Waals surface area contributed by atoms with Crippen molar-refractivity contribution in [3.05, 3.63) is 35.4 Å². The molecule has 0 aliphatic carbocycles. The summed E-state index contributed by atoms with van der Waals surface area (Å²) in [7, 11) is 1.29. The quantitative estimate of drug-likeness (QED) is 0.104. The van der Waals surface area contributed by atoms with Crippen LogP contribution in [0, 0.1) is 11.8 Å². The number of rotatable bonds is 18. The van der Waals surface area contributed by atoms with Gasteiger partial charge >= 0.3 is 18.0 Å². The van der Waals surface area contributed by atoms with Gasteiger partial charge in [-0.3, -0.25) is 19.2 Å². The Bertz CT molecular complexity index is 1110. The second-order valence-electron chi connectivity index (χ2n) is 10.8. The van der Waals surface area contributed by atoms with Crippen molar-refractivity contribution >= 4 is 48.4 Å². The molecule has 2 unspecified atom stereocenters. The first-order chi connectivity index (χ1) is 20.3. The fraction of sp³-hybridized carbons (Fsp3) is 0.586. The van der Waals surface area contributed by atoms with Crippen molar-refractivity contribution in [1.82, 2.24) is 21.3 Å². The third-order valence-electron chi connectivity index (χ3n) is 6.02. The first-order valence-corrected chi connectivity index (χ1v) is 14.7. The summed E-state index contributed by atoms with van der Waals surface area (Å²) in [5.41, 5.74) is 1.19. The molecule has 3 atom stereocenters. The highest BCUT2D eigenvalue weighted by molar-refractivity contribution is 7.80. The molecule has 0 saturated carbocycles. The number of carbonyl (C=O) groups excluding carboxylic acids is 5. The molecule has 1 rings (SSSR count). The van der Waals surface area contributed by atoms with E-state index >= 15 is 0 Å². The number of methoxy groups -OCH3 is 1. The number of amides is 4. The Kier molecular flexibility index (Phi) is 16.8. The highest BCUT2D eigenvalue weighted by Gasteiger charge is 2.30. The number of nitrogens with one attached hydrogen (secondary N) is 4. The number of thiol groups is 1. The van der Waals surface area contributed by atoms with Crippen molar-refractivity contribution in [3.63, 3.8) is 0 Å². The maximum absolute atomic E-state index is 13.2. The smallest absolute Gasteiger partial charge is 0.407 e. The van der Waals surface area contributed by atoms with E-state index in [0.29, 0.717) is 12.0 Å². The fourth-order valence-corrected chi connectivity index (χ4v) is 4.09. The van der Waals surface area contributed by atoms with E-state index in [0.717, 1.165) is 5.56 Å². The van der Waals surface area contributed by atoms with Crippen molar-refractivity contribution in [3.8, 4) is 0 Å². The Hall–Kier alpha value is -3.81. The van der Waals surface area contributed by atoms with Gasteiger partial charge in [-0.25, -0.2) is 9.59 Å². The zero-order valence-electron chi connectivity index (χ0n) is 25.3. The van der Waals surface area contributed by atoms with Crippen molar-refractivity contribution in [1.29, 1.82) is 0 Å². The van der Waals surface area contributed by atoms with Crippen molar-refractivity contribution < 1.29 is 43.3 Å². The largest absolute Gasteiger partial charge is 0.481 e. The highest BCUT2D eigenvalue weighted by atomic mass is 32.1. The summed E-state index contributed by atoms with van der Waals surface area (Å²) in [5.74, 6) is -3.54. The standard InChI is InChI=1S/C29H44N4O9S/c1-17(2)13-22(31-26(37)21(9-10-24(34)35)33-29(40)42-15-18(3)4)27(38)32-23(16-43)25(36)30-12-11-19-7-6-8-20(14-19)28(39)41-5/h6-8,14,17-18,21-23,43H,9-13,15-16H2,1-5H3,(H,30,36)(H,31,37)(H,32,38)(H,33,40)(H,34,35)/t21?,22-,23?/m0/s1. The number of ether oxygens (including phenoxy) is 2. The van der Waals surface area contributed by atoms with Crippen LogP contribution in [0.1, 0.15) is 62.9 Å².